The molecule has 0 aliphatic carbocycles. The second-order valence-electron chi connectivity index (χ2n) is 6.01. The van der Waals surface area contributed by atoms with Crippen molar-refractivity contribution in [1.82, 2.24) is 9.97 Å². The largest absolute Gasteiger partial charge is 0.507 e. The lowest BCUT2D eigenvalue weighted by Crippen LogP contribution is -1.95. The van der Waals surface area contributed by atoms with Crippen LogP contribution in [0.2, 0.25) is 0 Å². The van der Waals surface area contributed by atoms with Gasteiger partial charge in [0, 0.05) is 17.1 Å². The Morgan fingerprint density at radius 2 is 1.69 bits per heavy atom. The molecule has 0 unspecified atom stereocenters. The topological polar surface area (TPSA) is 108 Å². The van der Waals surface area contributed by atoms with E-state index in [0.717, 1.165) is 22.0 Å². The molecule has 8 heteroatoms. The van der Waals surface area contributed by atoms with Gasteiger partial charge < -0.3 is 10.2 Å². The molecule has 2 aromatic carbocycles. The molecule has 0 bridgehead atoms. The van der Waals surface area contributed by atoms with Crippen molar-refractivity contribution in [3.05, 3.63) is 77.8 Å². The lowest BCUT2D eigenvalue weighted by atomic mass is 10.1. The number of phenols is 1. The number of carbonyl (C=O) groups is 1. The molecule has 0 atom stereocenters. The molecule has 142 valence electrons. The number of pyridine rings is 1. The fraction of sp³-hybridized carbons (Fsp3) is 0. The summed E-state index contributed by atoms with van der Waals surface area (Å²) in [5.74, 6) is -1.54. The van der Waals surface area contributed by atoms with E-state index in [1.807, 2.05) is 35.7 Å². The summed E-state index contributed by atoms with van der Waals surface area (Å²) in [7, 11) is 0. The summed E-state index contributed by atoms with van der Waals surface area (Å²) < 4.78 is 0. The molecule has 2 N–H and O–H groups in total. The average Bonchev–Trinajstić information content (AvgIpc) is 3.24. The normalized spacial score (nSPS) is 11.0. The van der Waals surface area contributed by atoms with E-state index in [1.54, 1.807) is 18.3 Å². The van der Waals surface area contributed by atoms with Gasteiger partial charge in [0.2, 0.25) is 0 Å². The van der Waals surface area contributed by atoms with Crippen LogP contribution in [0.3, 0.4) is 0 Å². The van der Waals surface area contributed by atoms with Gasteiger partial charge >= 0.3 is 5.97 Å². The molecular weight excluding hydrogens is 388 g/mol. The maximum atomic E-state index is 11.1. The van der Waals surface area contributed by atoms with Gasteiger partial charge in [-0.1, -0.05) is 18.2 Å². The summed E-state index contributed by atoms with van der Waals surface area (Å²) >= 11 is 1.53. The zero-order valence-electron chi connectivity index (χ0n) is 14.9. The molecule has 7 nitrogen and oxygen atoms in total. The van der Waals surface area contributed by atoms with Crippen LogP contribution in [0.5, 0.6) is 5.75 Å². The smallest absolute Gasteiger partial charge is 0.339 e. The minimum Gasteiger partial charge on any atom is -0.507 e. The number of nitrogens with zero attached hydrogens (tertiary/aromatic N) is 4. The highest BCUT2D eigenvalue weighted by molar-refractivity contribution is 7.13. The number of benzene rings is 2. The van der Waals surface area contributed by atoms with Crippen molar-refractivity contribution in [3.8, 4) is 27.7 Å². The van der Waals surface area contributed by atoms with E-state index in [2.05, 4.69) is 20.2 Å². The highest BCUT2D eigenvalue weighted by atomic mass is 32.1. The highest BCUT2D eigenvalue weighted by Gasteiger charge is 2.10. The van der Waals surface area contributed by atoms with E-state index in [1.165, 1.54) is 29.5 Å². The summed E-state index contributed by atoms with van der Waals surface area (Å²) in [6.07, 6.45) is 1.74. The molecule has 4 aromatic rings. The van der Waals surface area contributed by atoms with Gasteiger partial charge in [-0.25, -0.2) is 9.78 Å². The summed E-state index contributed by atoms with van der Waals surface area (Å²) in [5.41, 5.74) is 3.36. The van der Waals surface area contributed by atoms with Crippen molar-refractivity contribution < 1.29 is 15.0 Å². The molecule has 0 aliphatic rings. The van der Waals surface area contributed by atoms with Gasteiger partial charge in [0.15, 0.2) is 0 Å². The molecule has 4 rings (SSSR count). The van der Waals surface area contributed by atoms with Crippen LogP contribution in [-0.4, -0.2) is 26.2 Å². The minimum absolute atomic E-state index is 0.218. The molecule has 0 aliphatic heterocycles. The lowest BCUT2D eigenvalue weighted by molar-refractivity contribution is 0.0694. The third-order valence-electron chi connectivity index (χ3n) is 4.04. The highest BCUT2D eigenvalue weighted by Crippen LogP contribution is 2.29. The standard InChI is InChI=1S/C21H14N4O3S/c26-19-9-8-15(11-16(19)21(27)28)25-24-14-6-4-13(5-7-14)18-12-29-20(23-18)17-3-1-2-10-22-17/h1-12,26H,(H,27,28). The van der Waals surface area contributed by atoms with Crippen molar-refractivity contribution in [2.75, 3.05) is 0 Å². The van der Waals surface area contributed by atoms with Crippen LogP contribution in [-0.2, 0) is 0 Å². The molecular formula is C21H14N4O3S. The fourth-order valence-corrected chi connectivity index (χ4v) is 3.39. The summed E-state index contributed by atoms with van der Waals surface area (Å²) in [4.78, 5) is 20.0. The van der Waals surface area contributed by atoms with Gasteiger partial charge in [-0.3, -0.25) is 4.98 Å². The molecule has 2 aromatic heterocycles. The summed E-state index contributed by atoms with van der Waals surface area (Å²) in [6, 6.07) is 17.2. The second-order valence-corrected chi connectivity index (χ2v) is 6.86. The first-order valence-corrected chi connectivity index (χ1v) is 9.43. The van der Waals surface area contributed by atoms with Crippen molar-refractivity contribution in [2.45, 2.75) is 0 Å². The van der Waals surface area contributed by atoms with Crippen LogP contribution in [0.4, 0.5) is 11.4 Å². The first-order chi connectivity index (χ1) is 14.1. The van der Waals surface area contributed by atoms with Crippen molar-refractivity contribution >= 4 is 28.7 Å². The number of thiazole rings is 1. The van der Waals surface area contributed by atoms with E-state index < -0.39 is 5.97 Å². The van der Waals surface area contributed by atoms with E-state index in [0.29, 0.717) is 11.4 Å². The number of carboxylic acids is 1. The Bertz CT molecular complexity index is 1190. The number of azo groups is 1. The predicted molar refractivity (Wildman–Crippen MR) is 110 cm³/mol. The molecule has 0 fully saturated rings. The molecule has 29 heavy (non-hydrogen) atoms. The monoisotopic (exact) mass is 402 g/mol. The molecule has 0 amide bonds. The SMILES string of the molecule is O=C(O)c1cc(N=Nc2ccc(-c3csc(-c4ccccn4)n3)cc2)ccc1O. The number of aromatic carboxylic acids is 1. The Morgan fingerprint density at radius 3 is 2.41 bits per heavy atom. The maximum absolute atomic E-state index is 11.1. The first-order valence-electron chi connectivity index (χ1n) is 8.55. The molecule has 0 saturated carbocycles. The maximum Gasteiger partial charge on any atom is 0.339 e. The van der Waals surface area contributed by atoms with Crippen LogP contribution in [0.1, 0.15) is 10.4 Å². The van der Waals surface area contributed by atoms with Crippen molar-refractivity contribution in [3.63, 3.8) is 0 Å². The van der Waals surface area contributed by atoms with E-state index >= 15 is 0 Å². The number of hydrogen-bond donors (Lipinski definition) is 2. The summed E-state index contributed by atoms with van der Waals surface area (Å²) in [6.45, 7) is 0. The lowest BCUT2D eigenvalue weighted by Gasteiger charge is -2.00. The van der Waals surface area contributed by atoms with Crippen LogP contribution in [0, 0.1) is 0 Å². The Kier molecular flexibility index (Phi) is 5.08. The average molecular weight is 402 g/mol. The van der Waals surface area contributed by atoms with E-state index in [-0.39, 0.29) is 11.3 Å². The number of hydrogen-bond acceptors (Lipinski definition) is 7. The third-order valence-corrected chi connectivity index (χ3v) is 4.91. The van der Waals surface area contributed by atoms with Crippen LogP contribution < -0.4 is 0 Å². The quantitative estimate of drug-likeness (QED) is 0.417. The minimum atomic E-state index is -1.22. The van der Waals surface area contributed by atoms with Gasteiger partial charge in [0.1, 0.15) is 16.3 Å². The predicted octanol–water partition coefficient (Wildman–Crippen LogP) is 5.69. The zero-order chi connectivity index (χ0) is 20.2. The number of rotatable bonds is 5. The zero-order valence-corrected chi connectivity index (χ0v) is 15.7. The first kappa shape index (κ1) is 18.5. The number of carboxylic acid groups (broad SMARTS) is 1. The van der Waals surface area contributed by atoms with Gasteiger partial charge in [-0.15, -0.1) is 11.3 Å². The third kappa shape index (κ3) is 4.17. The van der Waals surface area contributed by atoms with Gasteiger partial charge in [0.05, 0.1) is 22.8 Å². The van der Waals surface area contributed by atoms with Crippen molar-refractivity contribution in [1.29, 1.82) is 0 Å². The molecule has 2 heterocycles. The van der Waals surface area contributed by atoms with Crippen molar-refractivity contribution in [2.24, 2.45) is 10.2 Å². The molecule has 0 saturated heterocycles. The van der Waals surface area contributed by atoms with Crippen LogP contribution >= 0.6 is 11.3 Å². The van der Waals surface area contributed by atoms with Gasteiger partial charge in [-0.2, -0.15) is 10.2 Å². The fourth-order valence-electron chi connectivity index (χ4n) is 2.59. The number of aromatic nitrogens is 2. The van der Waals surface area contributed by atoms with Crippen LogP contribution in [0.25, 0.3) is 22.0 Å². The Hall–Kier alpha value is -3.91. The van der Waals surface area contributed by atoms with E-state index in [9.17, 15) is 9.90 Å². The Morgan fingerprint density at radius 1 is 0.931 bits per heavy atom. The summed E-state index contributed by atoms with van der Waals surface area (Å²) in [5, 5.41) is 29.6. The van der Waals surface area contributed by atoms with E-state index in [4.69, 9.17) is 5.11 Å². The molecule has 0 spiro atoms. The Balaban J connectivity index is 1.51. The Labute approximate surface area is 169 Å². The second kappa shape index (κ2) is 7.99. The number of aromatic hydroxyl groups is 1. The van der Waals surface area contributed by atoms with Gasteiger partial charge in [0.25, 0.3) is 0 Å². The van der Waals surface area contributed by atoms with Gasteiger partial charge in [-0.05, 0) is 42.5 Å². The molecule has 0 radical (unpaired) electrons. The van der Waals surface area contributed by atoms with Crippen LogP contribution in [0.15, 0.2) is 82.5 Å².